The van der Waals surface area contributed by atoms with Gasteiger partial charge in [-0.2, -0.15) is 0 Å². The lowest BCUT2D eigenvalue weighted by Gasteiger charge is -2.67. The van der Waals surface area contributed by atoms with Crippen molar-refractivity contribution >= 4 is 17.3 Å². The highest BCUT2D eigenvalue weighted by Crippen LogP contribution is 2.71. The Morgan fingerprint density at radius 3 is 2.14 bits per heavy atom. The third-order valence-corrected chi connectivity index (χ3v) is 13.0. The maximum Gasteiger partial charge on any atom is 0.159 e. The van der Waals surface area contributed by atoms with E-state index >= 15 is 0 Å². The number of hydrogen-bond donors (Lipinski definition) is 0. The lowest BCUT2D eigenvalue weighted by molar-refractivity contribution is -0.180. The van der Waals surface area contributed by atoms with Gasteiger partial charge in [-0.3, -0.25) is 14.4 Å². The average Bonchev–Trinajstić information content (AvgIpc) is 2.75. The first-order chi connectivity index (χ1) is 15.9. The number of ketones is 3. The van der Waals surface area contributed by atoms with Gasteiger partial charge in [-0.1, -0.05) is 74.3 Å². The van der Waals surface area contributed by atoms with Crippen LogP contribution >= 0.6 is 0 Å². The molecule has 4 aliphatic carbocycles. The summed E-state index contributed by atoms with van der Waals surface area (Å²) < 4.78 is 0. The lowest BCUT2D eigenvalue weighted by Crippen LogP contribution is -2.64. The van der Waals surface area contributed by atoms with E-state index in [4.69, 9.17) is 0 Å². The van der Waals surface area contributed by atoms with Gasteiger partial charge in [0.05, 0.1) is 0 Å². The lowest BCUT2D eigenvalue weighted by atomic mass is 9.36. The molecular weight excluding hydrogens is 432 g/mol. The van der Waals surface area contributed by atoms with Crippen molar-refractivity contribution in [2.45, 2.75) is 121 Å². The fraction of sp³-hybridized carbons (Fsp3) is 0.844. The SMILES string of the molecule is CC[C@@]1(C)CC[C@](C)(C(C)=O)C[C@@H]1C1=CC(=O)[C@@H]2[C@@]3(C)CCC(=O)C(C)(C)[C@@H]3CC[C@@]2(C)C1(C)C. The minimum Gasteiger partial charge on any atom is -0.299 e. The Hall–Kier alpha value is -1.25. The molecule has 0 bridgehead atoms. The number of fused-ring (bicyclic) bond motifs is 3. The van der Waals surface area contributed by atoms with Gasteiger partial charge in [0.1, 0.15) is 11.6 Å². The molecular formula is C32H50O3. The molecule has 3 heteroatoms. The smallest absolute Gasteiger partial charge is 0.159 e. The minimum atomic E-state index is -0.365. The molecule has 3 nitrogen and oxygen atoms in total. The van der Waals surface area contributed by atoms with Crippen LogP contribution in [0.15, 0.2) is 11.6 Å². The van der Waals surface area contributed by atoms with Gasteiger partial charge in [-0.15, -0.1) is 0 Å². The van der Waals surface area contributed by atoms with Gasteiger partial charge in [-0.05, 0) is 85.0 Å². The summed E-state index contributed by atoms with van der Waals surface area (Å²) in [4.78, 5) is 39.9. The molecule has 0 N–H and O–H groups in total. The predicted octanol–water partition coefficient (Wildman–Crippen LogP) is 7.76. The van der Waals surface area contributed by atoms with E-state index in [0.29, 0.717) is 12.2 Å². The number of allylic oxidation sites excluding steroid dienone is 2. The highest BCUT2D eigenvalue weighted by Gasteiger charge is 2.68. The summed E-state index contributed by atoms with van der Waals surface area (Å²) in [5.74, 6) is 1.37. The normalized spacial score (nSPS) is 46.9. The fourth-order valence-corrected chi connectivity index (χ4v) is 9.61. The molecule has 0 amide bonds. The highest BCUT2D eigenvalue weighted by atomic mass is 16.1. The van der Waals surface area contributed by atoms with E-state index in [1.165, 1.54) is 5.57 Å². The molecule has 0 heterocycles. The molecule has 0 aromatic carbocycles. The van der Waals surface area contributed by atoms with Crippen LogP contribution in [0, 0.1) is 50.2 Å². The number of rotatable bonds is 3. The first kappa shape index (κ1) is 26.8. The molecule has 4 aliphatic rings. The highest BCUT2D eigenvalue weighted by molar-refractivity contribution is 5.96. The molecule has 7 atom stereocenters. The van der Waals surface area contributed by atoms with E-state index in [0.717, 1.165) is 44.9 Å². The second-order valence-electron chi connectivity index (χ2n) is 15.1. The number of hydrogen-bond acceptors (Lipinski definition) is 3. The van der Waals surface area contributed by atoms with Crippen LogP contribution < -0.4 is 0 Å². The molecule has 35 heavy (non-hydrogen) atoms. The topological polar surface area (TPSA) is 51.2 Å². The Labute approximate surface area is 214 Å². The predicted molar refractivity (Wildman–Crippen MR) is 142 cm³/mol. The van der Waals surface area contributed by atoms with Crippen molar-refractivity contribution in [1.82, 2.24) is 0 Å². The van der Waals surface area contributed by atoms with Gasteiger partial charge in [0.25, 0.3) is 0 Å². The summed E-state index contributed by atoms with van der Waals surface area (Å²) in [7, 11) is 0. The van der Waals surface area contributed by atoms with Crippen molar-refractivity contribution in [2.24, 2.45) is 50.2 Å². The van der Waals surface area contributed by atoms with Crippen molar-refractivity contribution < 1.29 is 14.4 Å². The average molecular weight is 483 g/mol. The Kier molecular flexibility index (Phi) is 6.03. The van der Waals surface area contributed by atoms with Gasteiger partial charge >= 0.3 is 0 Å². The number of Topliss-reactive ketones (excluding diaryl/α,β-unsaturated/α-hetero) is 2. The van der Waals surface area contributed by atoms with Crippen LogP contribution in [-0.4, -0.2) is 17.3 Å². The summed E-state index contributed by atoms with van der Waals surface area (Å²) in [5.41, 5.74) is 0.253. The fourth-order valence-electron chi connectivity index (χ4n) is 9.61. The van der Waals surface area contributed by atoms with Gasteiger partial charge < -0.3 is 0 Å². The maximum atomic E-state index is 14.3. The monoisotopic (exact) mass is 482 g/mol. The Morgan fingerprint density at radius 2 is 1.57 bits per heavy atom. The minimum absolute atomic E-state index is 0.0597. The summed E-state index contributed by atoms with van der Waals surface area (Å²) in [6.07, 6.45) is 9.32. The van der Waals surface area contributed by atoms with Crippen molar-refractivity contribution in [3.8, 4) is 0 Å². The number of carbonyl (C=O) groups is 3. The quantitative estimate of drug-likeness (QED) is 0.413. The molecule has 0 aromatic heterocycles. The van der Waals surface area contributed by atoms with Crippen LogP contribution in [0.1, 0.15) is 121 Å². The van der Waals surface area contributed by atoms with E-state index in [2.05, 4.69) is 62.3 Å². The molecule has 3 saturated carbocycles. The van der Waals surface area contributed by atoms with Crippen LogP contribution in [0.2, 0.25) is 0 Å². The van der Waals surface area contributed by atoms with E-state index in [-0.39, 0.29) is 61.8 Å². The van der Waals surface area contributed by atoms with Crippen LogP contribution in [0.25, 0.3) is 0 Å². The zero-order valence-electron chi connectivity index (χ0n) is 24.2. The van der Waals surface area contributed by atoms with Gasteiger partial charge in [-0.25, -0.2) is 0 Å². The summed E-state index contributed by atoms with van der Waals surface area (Å²) in [5, 5.41) is 0. The molecule has 0 radical (unpaired) electrons. The third kappa shape index (κ3) is 3.45. The van der Waals surface area contributed by atoms with E-state index in [1.54, 1.807) is 6.92 Å². The maximum absolute atomic E-state index is 14.3. The van der Waals surface area contributed by atoms with Crippen LogP contribution in [-0.2, 0) is 14.4 Å². The van der Waals surface area contributed by atoms with Crippen LogP contribution in [0.4, 0.5) is 0 Å². The summed E-state index contributed by atoms with van der Waals surface area (Å²) in [6, 6.07) is 0. The van der Waals surface area contributed by atoms with Gasteiger partial charge in [0, 0.05) is 23.2 Å². The van der Waals surface area contributed by atoms with E-state index in [1.807, 2.05) is 6.08 Å². The summed E-state index contributed by atoms with van der Waals surface area (Å²) in [6.45, 7) is 22.3. The Bertz CT molecular complexity index is 985. The molecule has 0 aromatic rings. The third-order valence-electron chi connectivity index (χ3n) is 13.0. The Morgan fingerprint density at radius 1 is 0.943 bits per heavy atom. The Balaban J connectivity index is 1.85. The van der Waals surface area contributed by atoms with Crippen molar-refractivity contribution in [3.05, 3.63) is 11.6 Å². The van der Waals surface area contributed by atoms with Crippen molar-refractivity contribution in [3.63, 3.8) is 0 Å². The molecule has 3 fully saturated rings. The largest absolute Gasteiger partial charge is 0.299 e. The zero-order chi connectivity index (χ0) is 26.4. The molecule has 0 spiro atoms. The molecule has 0 saturated heterocycles. The summed E-state index contributed by atoms with van der Waals surface area (Å²) >= 11 is 0. The second kappa shape index (κ2) is 7.87. The second-order valence-corrected chi connectivity index (χ2v) is 15.1. The van der Waals surface area contributed by atoms with E-state index in [9.17, 15) is 14.4 Å². The number of carbonyl (C=O) groups excluding carboxylic acids is 3. The zero-order valence-corrected chi connectivity index (χ0v) is 24.2. The van der Waals surface area contributed by atoms with Gasteiger partial charge in [0.15, 0.2) is 5.78 Å². The molecule has 4 rings (SSSR count). The standard InChI is InChI=1S/C32H50O3/c1-11-29(7)16-17-30(8,20(2)33)19-22(29)21-18-23(34)26-31(9)14-13-25(35)27(3,4)24(31)12-15-32(26,10)28(21,5)6/h18,22,24,26H,11-17,19H2,1-10H3/t22-,24+,26-,29+,30+,31+,32-/m1/s1. The first-order valence-corrected chi connectivity index (χ1v) is 14.2. The molecule has 0 unspecified atom stereocenters. The van der Waals surface area contributed by atoms with E-state index < -0.39 is 0 Å². The van der Waals surface area contributed by atoms with Crippen molar-refractivity contribution in [1.29, 1.82) is 0 Å². The van der Waals surface area contributed by atoms with Gasteiger partial charge in [0.2, 0.25) is 0 Å². The van der Waals surface area contributed by atoms with Crippen LogP contribution in [0.5, 0.6) is 0 Å². The molecule has 0 aliphatic heterocycles. The van der Waals surface area contributed by atoms with Crippen molar-refractivity contribution in [2.75, 3.05) is 0 Å². The molecule has 196 valence electrons. The first-order valence-electron chi connectivity index (χ1n) is 14.2. The van der Waals surface area contributed by atoms with Crippen LogP contribution in [0.3, 0.4) is 0 Å².